The van der Waals surface area contributed by atoms with Crippen molar-refractivity contribution in [2.75, 3.05) is 13.1 Å². The molecule has 2 nitrogen and oxygen atoms in total. The highest BCUT2D eigenvalue weighted by Crippen LogP contribution is 2.29. The molecule has 2 unspecified atom stereocenters. The summed E-state index contributed by atoms with van der Waals surface area (Å²) in [6.07, 6.45) is 6.16. The van der Waals surface area contributed by atoms with Gasteiger partial charge in [0.2, 0.25) is 0 Å². The van der Waals surface area contributed by atoms with Crippen molar-refractivity contribution in [3.8, 4) is 0 Å². The van der Waals surface area contributed by atoms with Crippen molar-refractivity contribution in [3.05, 3.63) is 0 Å². The van der Waals surface area contributed by atoms with Crippen molar-refractivity contribution in [3.63, 3.8) is 0 Å². The largest absolute Gasteiger partial charge is 0.392 e. The maximum atomic E-state index is 9.91. The lowest BCUT2D eigenvalue weighted by Gasteiger charge is -2.34. The molecule has 0 aromatic carbocycles. The van der Waals surface area contributed by atoms with Gasteiger partial charge < -0.3 is 10.4 Å². The van der Waals surface area contributed by atoms with E-state index in [9.17, 15) is 5.11 Å². The number of β-amino-alcohol motifs (C(OH)–C–C–N with tert-alkyl or cyclic N) is 1. The lowest BCUT2D eigenvalue weighted by atomic mass is 9.79. The third-order valence-corrected chi connectivity index (χ3v) is 3.56. The minimum absolute atomic E-state index is 0.106. The second-order valence-electron chi connectivity index (χ2n) is 4.53. The van der Waals surface area contributed by atoms with Gasteiger partial charge in [-0.2, -0.15) is 0 Å². The fourth-order valence-corrected chi connectivity index (χ4v) is 2.60. The van der Waals surface area contributed by atoms with Gasteiger partial charge in [0.25, 0.3) is 0 Å². The van der Waals surface area contributed by atoms with E-state index in [1.807, 2.05) is 0 Å². The maximum absolute atomic E-state index is 9.91. The van der Waals surface area contributed by atoms with Crippen LogP contribution in [0.15, 0.2) is 0 Å². The van der Waals surface area contributed by atoms with Gasteiger partial charge in [-0.05, 0) is 24.8 Å². The van der Waals surface area contributed by atoms with E-state index in [4.69, 9.17) is 0 Å². The van der Waals surface area contributed by atoms with Crippen LogP contribution in [0.1, 0.15) is 46.0 Å². The van der Waals surface area contributed by atoms with Gasteiger partial charge in [-0.1, -0.05) is 39.5 Å². The first-order chi connectivity index (χ1) is 6.79. The summed E-state index contributed by atoms with van der Waals surface area (Å²) in [6.45, 7) is 6.39. The van der Waals surface area contributed by atoms with Crippen molar-refractivity contribution in [1.29, 1.82) is 0 Å². The maximum Gasteiger partial charge on any atom is 0.0695 e. The smallest absolute Gasteiger partial charge is 0.0695 e. The standard InChI is InChI=1S/C12H25NO/c1-3-5-6-10(4-2)11-7-8-13-9-12(11)14/h10-14H,3-9H2,1-2H3/t10?,11?,12-/m0/s1. The third-order valence-electron chi connectivity index (χ3n) is 3.56. The van der Waals surface area contributed by atoms with Gasteiger partial charge in [0, 0.05) is 6.54 Å². The van der Waals surface area contributed by atoms with Gasteiger partial charge in [-0.25, -0.2) is 0 Å². The van der Waals surface area contributed by atoms with Crippen molar-refractivity contribution in [2.45, 2.75) is 52.1 Å². The molecule has 1 rings (SSSR count). The molecule has 2 heteroatoms. The molecular formula is C12H25NO. The highest BCUT2D eigenvalue weighted by molar-refractivity contribution is 4.82. The Bertz CT molecular complexity index is 149. The van der Waals surface area contributed by atoms with Crippen LogP contribution in [0.3, 0.4) is 0 Å². The molecule has 1 heterocycles. The summed E-state index contributed by atoms with van der Waals surface area (Å²) < 4.78 is 0. The van der Waals surface area contributed by atoms with Crippen LogP contribution in [0.25, 0.3) is 0 Å². The van der Waals surface area contributed by atoms with Gasteiger partial charge in [-0.3, -0.25) is 0 Å². The molecule has 1 aliphatic rings. The summed E-state index contributed by atoms with van der Waals surface area (Å²) in [7, 11) is 0. The average Bonchev–Trinajstić information content (AvgIpc) is 2.21. The SMILES string of the molecule is CCCCC(CC)C1CCNC[C@@H]1O. The summed E-state index contributed by atoms with van der Waals surface area (Å²) in [5, 5.41) is 13.2. The molecule has 14 heavy (non-hydrogen) atoms. The van der Waals surface area contributed by atoms with Gasteiger partial charge >= 0.3 is 0 Å². The van der Waals surface area contributed by atoms with Gasteiger partial charge in [0.1, 0.15) is 0 Å². The second kappa shape index (κ2) is 6.41. The molecule has 0 aromatic heterocycles. The highest BCUT2D eigenvalue weighted by atomic mass is 16.3. The number of aliphatic hydroxyl groups excluding tert-OH is 1. The molecule has 0 radical (unpaired) electrons. The number of rotatable bonds is 5. The van der Waals surface area contributed by atoms with E-state index in [0.29, 0.717) is 5.92 Å². The predicted octanol–water partition coefficient (Wildman–Crippen LogP) is 2.17. The molecule has 1 aliphatic heterocycles. The van der Waals surface area contributed by atoms with Crippen LogP contribution in [0, 0.1) is 11.8 Å². The first kappa shape index (κ1) is 12.0. The van der Waals surface area contributed by atoms with Crippen LogP contribution in [0.4, 0.5) is 0 Å². The molecule has 0 bridgehead atoms. The number of aliphatic hydroxyl groups is 1. The van der Waals surface area contributed by atoms with Crippen molar-refractivity contribution in [2.24, 2.45) is 11.8 Å². The Morgan fingerprint density at radius 3 is 2.79 bits per heavy atom. The monoisotopic (exact) mass is 199 g/mol. The Balaban J connectivity index is 2.40. The van der Waals surface area contributed by atoms with Crippen molar-refractivity contribution in [1.82, 2.24) is 5.32 Å². The van der Waals surface area contributed by atoms with E-state index in [-0.39, 0.29) is 6.10 Å². The van der Waals surface area contributed by atoms with Gasteiger partial charge in [0.05, 0.1) is 6.10 Å². The molecule has 1 saturated heterocycles. The van der Waals surface area contributed by atoms with Gasteiger partial charge in [0.15, 0.2) is 0 Å². The van der Waals surface area contributed by atoms with Crippen molar-refractivity contribution < 1.29 is 5.11 Å². The number of piperidine rings is 1. The molecule has 0 spiro atoms. The van der Waals surface area contributed by atoms with Crippen LogP contribution in [0.2, 0.25) is 0 Å². The van der Waals surface area contributed by atoms with Crippen LogP contribution >= 0.6 is 0 Å². The summed E-state index contributed by atoms with van der Waals surface area (Å²) >= 11 is 0. The Labute approximate surface area is 88.1 Å². The van der Waals surface area contributed by atoms with E-state index in [1.54, 1.807) is 0 Å². The zero-order valence-electron chi connectivity index (χ0n) is 9.63. The molecule has 0 saturated carbocycles. The fourth-order valence-electron chi connectivity index (χ4n) is 2.60. The normalized spacial score (nSPS) is 30.2. The highest BCUT2D eigenvalue weighted by Gasteiger charge is 2.28. The minimum atomic E-state index is -0.106. The zero-order valence-corrected chi connectivity index (χ0v) is 9.63. The van der Waals surface area contributed by atoms with E-state index in [1.165, 1.54) is 25.7 Å². The first-order valence-electron chi connectivity index (χ1n) is 6.18. The number of unbranched alkanes of at least 4 members (excludes halogenated alkanes) is 1. The van der Waals surface area contributed by atoms with Crippen molar-refractivity contribution >= 4 is 0 Å². The third kappa shape index (κ3) is 3.25. The Morgan fingerprint density at radius 2 is 2.21 bits per heavy atom. The molecular weight excluding hydrogens is 174 g/mol. The second-order valence-corrected chi connectivity index (χ2v) is 4.53. The summed E-state index contributed by atoms with van der Waals surface area (Å²) in [6, 6.07) is 0. The zero-order chi connectivity index (χ0) is 10.4. The number of hydrogen-bond acceptors (Lipinski definition) is 2. The van der Waals surface area contributed by atoms with Crippen LogP contribution < -0.4 is 5.32 Å². The molecule has 3 atom stereocenters. The first-order valence-corrected chi connectivity index (χ1v) is 6.18. The molecule has 2 N–H and O–H groups in total. The van der Waals surface area contributed by atoms with E-state index < -0.39 is 0 Å². The molecule has 0 amide bonds. The van der Waals surface area contributed by atoms with Crippen LogP contribution in [-0.2, 0) is 0 Å². The summed E-state index contributed by atoms with van der Waals surface area (Å²) in [4.78, 5) is 0. The lowest BCUT2D eigenvalue weighted by Crippen LogP contribution is -2.43. The Hall–Kier alpha value is -0.0800. The molecule has 84 valence electrons. The molecule has 0 aliphatic carbocycles. The predicted molar refractivity (Wildman–Crippen MR) is 60.3 cm³/mol. The van der Waals surface area contributed by atoms with Gasteiger partial charge in [-0.15, -0.1) is 0 Å². The number of nitrogens with one attached hydrogen (secondary N) is 1. The number of hydrogen-bond donors (Lipinski definition) is 2. The summed E-state index contributed by atoms with van der Waals surface area (Å²) in [5.41, 5.74) is 0. The summed E-state index contributed by atoms with van der Waals surface area (Å²) in [5.74, 6) is 1.29. The molecule has 1 fully saturated rings. The van der Waals surface area contributed by atoms with E-state index >= 15 is 0 Å². The van der Waals surface area contributed by atoms with E-state index in [0.717, 1.165) is 25.4 Å². The Morgan fingerprint density at radius 1 is 1.43 bits per heavy atom. The quantitative estimate of drug-likeness (QED) is 0.711. The average molecular weight is 199 g/mol. The van der Waals surface area contributed by atoms with Crippen LogP contribution in [0.5, 0.6) is 0 Å². The fraction of sp³-hybridized carbons (Fsp3) is 1.00. The van der Waals surface area contributed by atoms with Crippen LogP contribution in [-0.4, -0.2) is 24.3 Å². The minimum Gasteiger partial charge on any atom is -0.392 e. The van der Waals surface area contributed by atoms with E-state index in [2.05, 4.69) is 19.2 Å². The Kier molecular flexibility index (Phi) is 5.49. The lowest BCUT2D eigenvalue weighted by molar-refractivity contribution is 0.0430. The molecule has 0 aromatic rings. The topological polar surface area (TPSA) is 32.3 Å².